The molecule has 5 nitrogen and oxygen atoms in total. The van der Waals surface area contributed by atoms with E-state index in [0.29, 0.717) is 17.9 Å². The molecule has 0 unspecified atom stereocenters. The third kappa shape index (κ3) is 3.49. The molecule has 0 atom stereocenters. The first kappa shape index (κ1) is 16.7. The second kappa shape index (κ2) is 6.37. The lowest BCUT2D eigenvalue weighted by Crippen LogP contribution is -2.26. The van der Waals surface area contributed by atoms with Gasteiger partial charge in [-0.15, -0.1) is 0 Å². The van der Waals surface area contributed by atoms with Crippen LogP contribution in [-0.4, -0.2) is 24.3 Å². The lowest BCUT2D eigenvalue weighted by molar-refractivity contribution is 0.581. The van der Waals surface area contributed by atoms with E-state index in [0.717, 1.165) is 28.0 Å². The first-order valence-corrected chi connectivity index (χ1v) is 9.35. The molecule has 24 heavy (non-hydrogen) atoms. The molecule has 0 bridgehead atoms. The number of imidazole rings is 1. The summed E-state index contributed by atoms with van der Waals surface area (Å²) >= 11 is 0. The predicted molar refractivity (Wildman–Crippen MR) is 94.7 cm³/mol. The summed E-state index contributed by atoms with van der Waals surface area (Å²) in [6.45, 7) is 6.21. The van der Waals surface area contributed by atoms with Gasteiger partial charge in [0.25, 0.3) is 0 Å². The highest BCUT2D eigenvalue weighted by molar-refractivity contribution is 7.89. The third-order valence-electron chi connectivity index (χ3n) is 4.11. The van der Waals surface area contributed by atoms with Crippen molar-refractivity contribution in [3.8, 4) is 0 Å². The molecule has 6 heteroatoms. The van der Waals surface area contributed by atoms with Crippen molar-refractivity contribution in [2.45, 2.75) is 32.1 Å². The molecule has 0 amide bonds. The van der Waals surface area contributed by atoms with Crippen LogP contribution >= 0.6 is 0 Å². The van der Waals surface area contributed by atoms with Gasteiger partial charge in [0.1, 0.15) is 5.65 Å². The van der Waals surface area contributed by atoms with Crippen LogP contribution in [0.1, 0.15) is 22.4 Å². The number of sulfonamides is 1. The Balaban J connectivity index is 1.68. The van der Waals surface area contributed by atoms with E-state index in [2.05, 4.69) is 9.71 Å². The summed E-state index contributed by atoms with van der Waals surface area (Å²) in [5.74, 6) is 0. The summed E-state index contributed by atoms with van der Waals surface area (Å²) in [7, 11) is -3.49. The van der Waals surface area contributed by atoms with Crippen molar-refractivity contribution in [3.63, 3.8) is 0 Å². The quantitative estimate of drug-likeness (QED) is 0.775. The number of rotatable bonds is 5. The number of nitrogens with zero attached hydrogens (tertiary/aromatic N) is 2. The number of benzene rings is 1. The monoisotopic (exact) mass is 343 g/mol. The van der Waals surface area contributed by atoms with E-state index < -0.39 is 10.0 Å². The Morgan fingerprint density at radius 3 is 2.58 bits per heavy atom. The normalized spacial score (nSPS) is 12.0. The fourth-order valence-corrected chi connectivity index (χ4v) is 3.67. The molecule has 2 aromatic heterocycles. The Morgan fingerprint density at radius 1 is 1.04 bits per heavy atom. The second-order valence-electron chi connectivity index (χ2n) is 6.10. The number of aryl methyl sites for hydroxylation is 3. The number of aromatic nitrogens is 2. The lowest BCUT2D eigenvalue weighted by atomic mass is 10.1. The van der Waals surface area contributed by atoms with Crippen LogP contribution in [0.2, 0.25) is 0 Å². The number of pyridine rings is 1. The highest BCUT2D eigenvalue weighted by Crippen LogP contribution is 2.14. The van der Waals surface area contributed by atoms with Gasteiger partial charge in [0.15, 0.2) is 0 Å². The van der Waals surface area contributed by atoms with E-state index >= 15 is 0 Å². The van der Waals surface area contributed by atoms with Gasteiger partial charge < -0.3 is 4.40 Å². The first-order valence-electron chi connectivity index (χ1n) is 7.86. The zero-order valence-electron chi connectivity index (χ0n) is 14.1. The molecule has 0 fully saturated rings. The SMILES string of the molecule is Cc1ccc2nc(CCNS(=O)(=O)c3ccc(C)c(C)c3)cn2c1. The maximum Gasteiger partial charge on any atom is 0.240 e. The minimum Gasteiger partial charge on any atom is -0.307 e. The molecular weight excluding hydrogens is 322 g/mol. The van der Waals surface area contributed by atoms with Crippen molar-refractivity contribution in [2.75, 3.05) is 6.54 Å². The highest BCUT2D eigenvalue weighted by Gasteiger charge is 2.14. The molecule has 1 aromatic carbocycles. The molecule has 0 saturated heterocycles. The molecule has 3 aromatic rings. The van der Waals surface area contributed by atoms with Gasteiger partial charge in [-0.2, -0.15) is 0 Å². The molecule has 3 rings (SSSR count). The van der Waals surface area contributed by atoms with Crippen LogP contribution in [0.15, 0.2) is 47.6 Å². The van der Waals surface area contributed by atoms with Crippen LogP contribution in [0, 0.1) is 20.8 Å². The van der Waals surface area contributed by atoms with Gasteiger partial charge in [0.2, 0.25) is 10.0 Å². The average Bonchev–Trinajstić information content (AvgIpc) is 2.91. The van der Waals surface area contributed by atoms with Gasteiger partial charge in [-0.05, 0) is 55.7 Å². The topological polar surface area (TPSA) is 63.5 Å². The van der Waals surface area contributed by atoms with Crippen LogP contribution in [-0.2, 0) is 16.4 Å². The van der Waals surface area contributed by atoms with Crippen LogP contribution in [0.5, 0.6) is 0 Å². The molecule has 0 radical (unpaired) electrons. The van der Waals surface area contributed by atoms with Crippen LogP contribution < -0.4 is 4.72 Å². The van der Waals surface area contributed by atoms with Crippen molar-refractivity contribution in [1.29, 1.82) is 0 Å². The van der Waals surface area contributed by atoms with Crippen molar-refractivity contribution in [3.05, 3.63) is 65.1 Å². The summed E-state index contributed by atoms with van der Waals surface area (Å²) in [5, 5.41) is 0. The zero-order valence-corrected chi connectivity index (χ0v) is 14.9. The van der Waals surface area contributed by atoms with Crippen molar-refractivity contribution >= 4 is 15.7 Å². The van der Waals surface area contributed by atoms with Gasteiger partial charge in [0, 0.05) is 25.4 Å². The molecule has 0 spiro atoms. The molecule has 0 aliphatic heterocycles. The van der Waals surface area contributed by atoms with Crippen LogP contribution in [0.25, 0.3) is 5.65 Å². The maximum absolute atomic E-state index is 12.4. The number of nitrogens with one attached hydrogen (secondary N) is 1. The average molecular weight is 343 g/mol. The van der Waals surface area contributed by atoms with E-state index in [1.165, 1.54) is 0 Å². The van der Waals surface area contributed by atoms with E-state index in [4.69, 9.17) is 0 Å². The lowest BCUT2D eigenvalue weighted by Gasteiger charge is -2.08. The number of fused-ring (bicyclic) bond motifs is 1. The van der Waals surface area contributed by atoms with Crippen LogP contribution in [0.4, 0.5) is 0 Å². The molecule has 126 valence electrons. The second-order valence-corrected chi connectivity index (χ2v) is 7.86. The largest absolute Gasteiger partial charge is 0.307 e. The van der Waals surface area contributed by atoms with E-state index in [-0.39, 0.29) is 0 Å². The molecular formula is C18H21N3O2S. The van der Waals surface area contributed by atoms with Crippen molar-refractivity contribution < 1.29 is 8.42 Å². The fraction of sp³-hybridized carbons (Fsp3) is 0.278. The summed E-state index contributed by atoms with van der Waals surface area (Å²) in [6, 6.07) is 9.13. The Kier molecular flexibility index (Phi) is 4.43. The zero-order chi connectivity index (χ0) is 17.3. The summed E-state index contributed by atoms with van der Waals surface area (Å²) in [4.78, 5) is 4.80. The maximum atomic E-state index is 12.4. The van der Waals surface area contributed by atoms with Crippen LogP contribution in [0.3, 0.4) is 0 Å². The minimum atomic E-state index is -3.49. The predicted octanol–water partition coefficient (Wildman–Crippen LogP) is 2.78. The highest BCUT2D eigenvalue weighted by atomic mass is 32.2. The molecule has 1 N–H and O–H groups in total. The Bertz CT molecular complexity index is 991. The van der Waals surface area contributed by atoms with Gasteiger partial charge in [-0.3, -0.25) is 0 Å². The van der Waals surface area contributed by atoms with E-state index in [1.54, 1.807) is 12.1 Å². The smallest absolute Gasteiger partial charge is 0.240 e. The van der Waals surface area contributed by atoms with Crippen molar-refractivity contribution in [1.82, 2.24) is 14.1 Å². The minimum absolute atomic E-state index is 0.302. The van der Waals surface area contributed by atoms with Gasteiger partial charge in [0.05, 0.1) is 10.6 Å². The third-order valence-corrected chi connectivity index (χ3v) is 5.57. The van der Waals surface area contributed by atoms with Gasteiger partial charge in [-0.25, -0.2) is 18.1 Å². The number of hydrogen-bond donors (Lipinski definition) is 1. The van der Waals surface area contributed by atoms with Crippen molar-refractivity contribution in [2.24, 2.45) is 0 Å². The van der Waals surface area contributed by atoms with E-state index in [1.807, 2.05) is 55.8 Å². The molecule has 0 aliphatic rings. The Hall–Kier alpha value is -2.18. The first-order chi connectivity index (χ1) is 11.3. The molecule has 0 aliphatic carbocycles. The summed E-state index contributed by atoms with van der Waals surface area (Å²) in [6.07, 6.45) is 4.49. The standard InChI is InChI=1S/C18H21N3O2S/c1-13-4-7-18-20-16(12-21(18)11-13)8-9-19-24(22,23)17-6-5-14(2)15(3)10-17/h4-7,10-12,19H,8-9H2,1-3H3. The van der Waals surface area contributed by atoms with Gasteiger partial charge >= 0.3 is 0 Å². The molecule has 2 heterocycles. The summed E-state index contributed by atoms with van der Waals surface area (Å²) < 4.78 is 29.3. The molecule has 0 saturated carbocycles. The fourth-order valence-electron chi connectivity index (χ4n) is 2.55. The van der Waals surface area contributed by atoms with E-state index in [9.17, 15) is 8.42 Å². The number of hydrogen-bond acceptors (Lipinski definition) is 3. The van der Waals surface area contributed by atoms with Gasteiger partial charge in [-0.1, -0.05) is 12.1 Å². The Labute approximate surface area is 142 Å². The Morgan fingerprint density at radius 2 is 1.83 bits per heavy atom. The summed E-state index contributed by atoms with van der Waals surface area (Å²) in [5.41, 5.74) is 4.93.